The molecule has 10 nitrogen and oxygen atoms in total. The number of H-pyrrole nitrogens is 1. The Morgan fingerprint density at radius 1 is 1.22 bits per heavy atom. The molecule has 4 aromatic rings. The average molecular weight is 509 g/mol. The second-order valence-corrected chi connectivity index (χ2v) is 8.92. The number of hydrogen-bond donors (Lipinski definition) is 1. The highest BCUT2D eigenvalue weighted by atomic mass is 19.3. The van der Waals surface area contributed by atoms with Crippen molar-refractivity contribution in [2.24, 2.45) is 0 Å². The van der Waals surface area contributed by atoms with Gasteiger partial charge in [-0.15, -0.1) is 8.78 Å². The van der Waals surface area contributed by atoms with Crippen LogP contribution in [0.5, 0.6) is 17.2 Å². The van der Waals surface area contributed by atoms with Crippen molar-refractivity contribution in [3.05, 3.63) is 58.6 Å². The normalized spacial score (nSPS) is 15.7. The molecule has 6 rings (SSSR count). The number of aromatic amines is 1. The van der Waals surface area contributed by atoms with E-state index < -0.39 is 17.8 Å². The van der Waals surface area contributed by atoms with Gasteiger partial charge >= 0.3 is 6.29 Å². The number of carbonyl (C=O) groups excluding carboxylic acids is 1. The molecule has 1 amide bonds. The first kappa shape index (κ1) is 23.0. The fourth-order valence-electron chi connectivity index (χ4n) is 4.49. The maximum absolute atomic E-state index is 13.5. The number of alkyl halides is 2. The summed E-state index contributed by atoms with van der Waals surface area (Å²) in [6, 6.07) is 9.53. The van der Waals surface area contributed by atoms with Crippen LogP contribution in [0, 0.1) is 6.92 Å². The predicted molar refractivity (Wildman–Crippen MR) is 128 cm³/mol. The predicted octanol–water partition coefficient (Wildman–Crippen LogP) is 3.62. The van der Waals surface area contributed by atoms with Crippen molar-refractivity contribution >= 4 is 22.6 Å². The third-order valence-corrected chi connectivity index (χ3v) is 6.33. The van der Waals surface area contributed by atoms with E-state index in [1.807, 2.05) is 13.0 Å². The lowest BCUT2D eigenvalue weighted by Crippen LogP contribution is -2.39. The number of nitrogens with zero attached hydrogens (tertiary/aromatic N) is 4. The second kappa shape index (κ2) is 8.29. The molecule has 37 heavy (non-hydrogen) atoms. The smallest absolute Gasteiger partial charge is 0.496 e. The number of amides is 1. The van der Waals surface area contributed by atoms with Crippen LogP contribution in [0.4, 0.5) is 14.5 Å². The lowest BCUT2D eigenvalue weighted by atomic mass is 10.1. The van der Waals surface area contributed by atoms with Gasteiger partial charge in [0.2, 0.25) is 5.91 Å². The molecular formula is C25H21F2N5O5. The minimum atomic E-state index is -3.76. The molecule has 1 saturated carbocycles. The van der Waals surface area contributed by atoms with E-state index in [1.54, 1.807) is 19.2 Å². The van der Waals surface area contributed by atoms with Crippen molar-refractivity contribution in [3.63, 3.8) is 0 Å². The first-order chi connectivity index (χ1) is 17.7. The summed E-state index contributed by atoms with van der Waals surface area (Å²) in [6.07, 6.45) is -0.871. The van der Waals surface area contributed by atoms with Gasteiger partial charge in [0.25, 0.3) is 5.56 Å². The molecule has 0 bridgehead atoms. The van der Waals surface area contributed by atoms with Crippen LogP contribution < -0.4 is 24.7 Å². The number of ether oxygens (including phenoxy) is 3. The van der Waals surface area contributed by atoms with Gasteiger partial charge in [0.15, 0.2) is 11.5 Å². The Morgan fingerprint density at radius 2 is 2.00 bits per heavy atom. The van der Waals surface area contributed by atoms with Crippen molar-refractivity contribution in [3.8, 4) is 28.5 Å². The molecule has 0 radical (unpaired) electrons. The van der Waals surface area contributed by atoms with Crippen LogP contribution in [-0.4, -0.2) is 45.1 Å². The zero-order valence-electron chi connectivity index (χ0n) is 19.8. The third-order valence-electron chi connectivity index (χ3n) is 6.33. The number of benzene rings is 2. The highest BCUT2D eigenvalue weighted by Crippen LogP contribution is 2.44. The van der Waals surface area contributed by atoms with Gasteiger partial charge in [0.05, 0.1) is 13.4 Å². The van der Waals surface area contributed by atoms with E-state index in [1.165, 1.54) is 29.4 Å². The van der Waals surface area contributed by atoms with Crippen LogP contribution in [-0.2, 0) is 11.3 Å². The summed E-state index contributed by atoms with van der Waals surface area (Å²) in [5.74, 6) is 0.0109. The molecule has 1 aliphatic heterocycles. The van der Waals surface area contributed by atoms with Gasteiger partial charge in [-0.2, -0.15) is 5.10 Å². The molecule has 0 saturated heterocycles. The van der Waals surface area contributed by atoms with Gasteiger partial charge in [0, 0.05) is 23.4 Å². The van der Waals surface area contributed by atoms with Crippen molar-refractivity contribution in [2.75, 3.05) is 12.0 Å². The summed E-state index contributed by atoms with van der Waals surface area (Å²) in [6.45, 7) is 1.52. The highest BCUT2D eigenvalue weighted by molar-refractivity contribution is 5.95. The number of hydrogen-bond acceptors (Lipinski definition) is 7. The SMILES string of the molecule is COc1ccc(-c2nn(CC(=O)N(c3ccc4c(c3)OC(F)(F)O4)C3CC3)c(=O)c3[nH]cnc23)cc1C. The molecule has 0 unspecified atom stereocenters. The summed E-state index contributed by atoms with van der Waals surface area (Å²) in [5.41, 5.74) is 2.46. The molecule has 2 aromatic heterocycles. The van der Waals surface area contributed by atoms with E-state index >= 15 is 0 Å². The monoisotopic (exact) mass is 509 g/mol. The van der Waals surface area contributed by atoms with Crippen LogP contribution in [0.1, 0.15) is 18.4 Å². The standard InChI is InChI=1S/C25H21F2N5O5/c1-13-9-14(3-7-17(13)35-2)21-22-23(29-12-28-22)24(34)31(30-21)11-20(33)32(15-4-5-15)16-6-8-18-19(10-16)37-25(26,27)36-18/h3,6-10,12,15H,4-5,11H2,1-2H3,(H,28,29). The molecule has 1 aliphatic carbocycles. The number of aryl methyl sites for hydroxylation is 1. The summed E-state index contributed by atoms with van der Waals surface area (Å²) in [7, 11) is 1.58. The molecule has 1 fully saturated rings. The molecule has 0 spiro atoms. The Bertz CT molecular complexity index is 1610. The van der Waals surface area contributed by atoms with Crippen LogP contribution in [0.25, 0.3) is 22.3 Å². The first-order valence-electron chi connectivity index (χ1n) is 11.6. The highest BCUT2D eigenvalue weighted by Gasteiger charge is 2.44. The van der Waals surface area contributed by atoms with Gasteiger partial charge in [-0.25, -0.2) is 9.67 Å². The molecule has 1 N–H and O–H groups in total. The number of aromatic nitrogens is 4. The number of methoxy groups -OCH3 is 1. The van der Waals surface area contributed by atoms with Crippen molar-refractivity contribution in [2.45, 2.75) is 38.6 Å². The van der Waals surface area contributed by atoms with Crippen LogP contribution in [0.3, 0.4) is 0 Å². The van der Waals surface area contributed by atoms with Gasteiger partial charge in [-0.3, -0.25) is 9.59 Å². The maximum Gasteiger partial charge on any atom is 0.586 e. The van der Waals surface area contributed by atoms with Crippen LogP contribution in [0.15, 0.2) is 47.5 Å². The molecule has 2 aromatic carbocycles. The number of imidazole rings is 1. The second-order valence-electron chi connectivity index (χ2n) is 8.92. The zero-order chi connectivity index (χ0) is 25.9. The minimum absolute atomic E-state index is 0.112. The molecule has 190 valence electrons. The lowest BCUT2D eigenvalue weighted by molar-refractivity contribution is -0.286. The fraction of sp³-hybridized carbons (Fsp3) is 0.280. The number of carbonyl (C=O) groups is 1. The quantitative estimate of drug-likeness (QED) is 0.423. The summed E-state index contributed by atoms with van der Waals surface area (Å²) >= 11 is 0. The van der Waals surface area contributed by atoms with Crippen LogP contribution in [0.2, 0.25) is 0 Å². The van der Waals surface area contributed by atoms with Gasteiger partial charge in [-0.1, -0.05) is 0 Å². The zero-order valence-corrected chi connectivity index (χ0v) is 19.8. The van der Waals surface area contributed by atoms with E-state index in [-0.39, 0.29) is 29.6 Å². The largest absolute Gasteiger partial charge is 0.586 e. The number of anilines is 1. The summed E-state index contributed by atoms with van der Waals surface area (Å²) in [5, 5.41) is 4.50. The van der Waals surface area contributed by atoms with Crippen LogP contribution >= 0.6 is 0 Å². The fourth-order valence-corrected chi connectivity index (χ4v) is 4.49. The Morgan fingerprint density at radius 3 is 2.73 bits per heavy atom. The topological polar surface area (TPSA) is 112 Å². The molecule has 12 heteroatoms. The number of halogens is 2. The summed E-state index contributed by atoms with van der Waals surface area (Å²) in [4.78, 5) is 35.3. The first-order valence-corrected chi connectivity index (χ1v) is 11.6. The minimum Gasteiger partial charge on any atom is -0.496 e. The molecule has 2 aliphatic rings. The van der Waals surface area contributed by atoms with E-state index in [0.29, 0.717) is 28.2 Å². The van der Waals surface area contributed by atoms with Crippen molar-refractivity contribution < 1.29 is 27.8 Å². The van der Waals surface area contributed by atoms with E-state index in [0.717, 1.165) is 23.1 Å². The number of fused-ring (bicyclic) bond motifs is 2. The summed E-state index contributed by atoms with van der Waals surface area (Å²) < 4.78 is 42.4. The average Bonchev–Trinajstić information content (AvgIpc) is 3.45. The van der Waals surface area contributed by atoms with E-state index in [9.17, 15) is 18.4 Å². The molecule has 3 heterocycles. The Kier molecular flexibility index (Phi) is 5.14. The Hall–Kier alpha value is -4.48. The van der Waals surface area contributed by atoms with Gasteiger partial charge in [-0.05, 0) is 55.7 Å². The number of rotatable bonds is 6. The Labute approximate surface area is 208 Å². The number of nitrogens with one attached hydrogen (secondary N) is 1. The molecule has 0 atom stereocenters. The molecular weight excluding hydrogens is 488 g/mol. The van der Waals surface area contributed by atoms with Crippen molar-refractivity contribution in [1.29, 1.82) is 0 Å². The third kappa shape index (κ3) is 4.03. The van der Waals surface area contributed by atoms with Crippen molar-refractivity contribution in [1.82, 2.24) is 19.7 Å². The van der Waals surface area contributed by atoms with E-state index in [4.69, 9.17) is 4.74 Å². The lowest BCUT2D eigenvalue weighted by Gasteiger charge is -2.23. The van der Waals surface area contributed by atoms with Gasteiger partial charge < -0.3 is 24.1 Å². The van der Waals surface area contributed by atoms with E-state index in [2.05, 4.69) is 24.5 Å². The maximum atomic E-state index is 13.5. The Balaban J connectivity index is 1.37. The van der Waals surface area contributed by atoms with Gasteiger partial charge in [0.1, 0.15) is 29.0 Å².